The van der Waals surface area contributed by atoms with Crippen molar-refractivity contribution in [3.63, 3.8) is 0 Å². The molecule has 2 aliphatic rings. The molecule has 1 aromatic rings. The van der Waals surface area contributed by atoms with E-state index in [1.165, 1.54) is 0 Å². The summed E-state index contributed by atoms with van der Waals surface area (Å²) in [5.74, 6) is -1.23. The van der Waals surface area contributed by atoms with Crippen molar-refractivity contribution in [3.8, 4) is 0 Å². The number of hydrogen-bond acceptors (Lipinski definition) is 3. The molecule has 2 fully saturated rings. The van der Waals surface area contributed by atoms with Gasteiger partial charge in [-0.1, -0.05) is 30.3 Å². The standard InChI is InChI=1S/C17H21NO4/c19-16(14-8-15(14)17(20)21)18-7-6-13(9-18)11-22-10-12-4-2-1-3-5-12/h1-5,13-15H,6-11H2,(H,20,21)/t13-,14-,15-/m1/s1. The van der Waals surface area contributed by atoms with Crippen LogP contribution in [-0.4, -0.2) is 41.6 Å². The van der Waals surface area contributed by atoms with Crippen LogP contribution in [0.5, 0.6) is 0 Å². The number of aliphatic carboxylic acids is 1. The lowest BCUT2D eigenvalue weighted by molar-refractivity contribution is -0.141. The zero-order chi connectivity index (χ0) is 15.5. The molecule has 3 rings (SSSR count). The van der Waals surface area contributed by atoms with Crippen LogP contribution in [-0.2, 0) is 20.9 Å². The van der Waals surface area contributed by atoms with Crippen LogP contribution in [0.25, 0.3) is 0 Å². The maximum atomic E-state index is 12.2. The topological polar surface area (TPSA) is 66.8 Å². The first-order valence-corrected chi connectivity index (χ1v) is 7.78. The Morgan fingerprint density at radius 1 is 1.23 bits per heavy atom. The van der Waals surface area contributed by atoms with Gasteiger partial charge in [-0.05, 0) is 18.4 Å². The second-order valence-electron chi connectivity index (χ2n) is 6.23. The lowest BCUT2D eigenvalue weighted by atomic mass is 10.1. The van der Waals surface area contributed by atoms with Crippen molar-refractivity contribution in [2.24, 2.45) is 17.8 Å². The molecular weight excluding hydrogens is 282 g/mol. The van der Waals surface area contributed by atoms with E-state index >= 15 is 0 Å². The van der Waals surface area contributed by atoms with Crippen molar-refractivity contribution in [1.82, 2.24) is 4.90 Å². The largest absolute Gasteiger partial charge is 0.481 e. The van der Waals surface area contributed by atoms with Gasteiger partial charge in [0.25, 0.3) is 0 Å². The fourth-order valence-corrected chi connectivity index (χ4v) is 3.06. The molecule has 5 nitrogen and oxygen atoms in total. The molecular formula is C17H21NO4. The molecule has 1 aliphatic heterocycles. The Labute approximate surface area is 129 Å². The molecule has 5 heteroatoms. The molecule has 0 unspecified atom stereocenters. The Kier molecular flexibility index (Phi) is 4.43. The zero-order valence-corrected chi connectivity index (χ0v) is 12.5. The monoisotopic (exact) mass is 303 g/mol. The van der Waals surface area contributed by atoms with E-state index < -0.39 is 11.9 Å². The predicted molar refractivity (Wildman–Crippen MR) is 80.0 cm³/mol. The number of hydrogen-bond donors (Lipinski definition) is 1. The van der Waals surface area contributed by atoms with Crippen LogP contribution in [0.1, 0.15) is 18.4 Å². The van der Waals surface area contributed by atoms with Gasteiger partial charge in [0.1, 0.15) is 0 Å². The maximum absolute atomic E-state index is 12.2. The molecule has 1 aromatic carbocycles. The third-order valence-electron chi connectivity index (χ3n) is 4.49. The van der Waals surface area contributed by atoms with E-state index in [1.807, 2.05) is 35.2 Å². The molecule has 0 bridgehead atoms. The number of likely N-dealkylation sites (tertiary alicyclic amines) is 1. The van der Waals surface area contributed by atoms with Crippen molar-refractivity contribution in [2.45, 2.75) is 19.4 Å². The smallest absolute Gasteiger partial charge is 0.307 e. The molecule has 1 aliphatic carbocycles. The number of rotatable bonds is 6. The van der Waals surface area contributed by atoms with Gasteiger partial charge in [-0.2, -0.15) is 0 Å². The number of ether oxygens (including phenoxy) is 1. The first kappa shape index (κ1) is 15.0. The van der Waals surface area contributed by atoms with Crippen LogP contribution in [0.2, 0.25) is 0 Å². The summed E-state index contributed by atoms with van der Waals surface area (Å²) in [4.78, 5) is 24.8. The van der Waals surface area contributed by atoms with Gasteiger partial charge in [-0.25, -0.2) is 0 Å². The van der Waals surface area contributed by atoms with Crippen molar-refractivity contribution in [2.75, 3.05) is 19.7 Å². The molecule has 1 amide bonds. The highest BCUT2D eigenvalue weighted by Crippen LogP contribution is 2.40. The fraction of sp³-hybridized carbons (Fsp3) is 0.529. The average molecular weight is 303 g/mol. The van der Waals surface area contributed by atoms with E-state index in [1.54, 1.807) is 0 Å². The minimum absolute atomic E-state index is 0.0120. The van der Waals surface area contributed by atoms with E-state index in [-0.39, 0.29) is 11.8 Å². The molecule has 0 aromatic heterocycles. The number of carboxylic acids is 1. The van der Waals surface area contributed by atoms with E-state index in [9.17, 15) is 9.59 Å². The zero-order valence-electron chi connectivity index (χ0n) is 12.5. The van der Waals surface area contributed by atoms with Gasteiger partial charge in [0, 0.05) is 19.0 Å². The van der Waals surface area contributed by atoms with E-state index in [4.69, 9.17) is 9.84 Å². The van der Waals surface area contributed by atoms with Crippen LogP contribution in [0.15, 0.2) is 30.3 Å². The summed E-state index contributed by atoms with van der Waals surface area (Å²) >= 11 is 0. The number of carboxylic acid groups (broad SMARTS) is 1. The molecule has 3 atom stereocenters. The number of benzene rings is 1. The highest BCUT2D eigenvalue weighted by molar-refractivity contribution is 5.89. The Bertz CT molecular complexity index is 545. The van der Waals surface area contributed by atoms with Gasteiger partial charge in [-0.15, -0.1) is 0 Å². The Morgan fingerprint density at radius 2 is 2.00 bits per heavy atom. The van der Waals surface area contributed by atoms with Gasteiger partial charge in [-0.3, -0.25) is 9.59 Å². The van der Waals surface area contributed by atoms with Crippen molar-refractivity contribution >= 4 is 11.9 Å². The van der Waals surface area contributed by atoms with Crippen LogP contribution in [0, 0.1) is 17.8 Å². The number of carbonyl (C=O) groups is 2. The highest BCUT2D eigenvalue weighted by atomic mass is 16.5. The number of amides is 1. The Morgan fingerprint density at radius 3 is 2.68 bits per heavy atom. The SMILES string of the molecule is O=C(O)[C@@H]1C[C@H]1C(=O)N1CC[C@@H](COCc2ccccc2)C1. The van der Waals surface area contributed by atoms with Gasteiger partial charge < -0.3 is 14.7 Å². The van der Waals surface area contributed by atoms with Crippen LogP contribution in [0.4, 0.5) is 0 Å². The quantitative estimate of drug-likeness (QED) is 0.870. The van der Waals surface area contributed by atoms with Crippen LogP contribution < -0.4 is 0 Å². The van der Waals surface area contributed by atoms with Gasteiger partial charge in [0.2, 0.25) is 5.91 Å². The minimum Gasteiger partial charge on any atom is -0.481 e. The lowest BCUT2D eigenvalue weighted by Gasteiger charge is -2.16. The van der Waals surface area contributed by atoms with Gasteiger partial charge >= 0.3 is 5.97 Å². The molecule has 1 saturated heterocycles. The highest BCUT2D eigenvalue weighted by Gasteiger charge is 2.50. The first-order valence-electron chi connectivity index (χ1n) is 7.78. The summed E-state index contributed by atoms with van der Waals surface area (Å²) in [6.45, 7) is 2.65. The van der Waals surface area contributed by atoms with Crippen LogP contribution >= 0.6 is 0 Å². The third kappa shape index (κ3) is 3.47. The third-order valence-corrected chi connectivity index (χ3v) is 4.49. The summed E-state index contributed by atoms with van der Waals surface area (Å²) in [6, 6.07) is 10.0. The molecule has 0 radical (unpaired) electrons. The second-order valence-corrected chi connectivity index (χ2v) is 6.23. The molecule has 1 N–H and O–H groups in total. The number of carbonyl (C=O) groups excluding carboxylic acids is 1. The van der Waals surface area contributed by atoms with Gasteiger partial charge in [0.15, 0.2) is 0 Å². The molecule has 118 valence electrons. The Hall–Kier alpha value is -1.88. The summed E-state index contributed by atoms with van der Waals surface area (Å²) < 4.78 is 5.74. The van der Waals surface area contributed by atoms with E-state index in [2.05, 4.69) is 0 Å². The first-order chi connectivity index (χ1) is 10.6. The Balaban J connectivity index is 1.39. The summed E-state index contributed by atoms with van der Waals surface area (Å²) in [7, 11) is 0. The van der Waals surface area contributed by atoms with Crippen molar-refractivity contribution < 1.29 is 19.4 Å². The van der Waals surface area contributed by atoms with E-state index in [0.29, 0.717) is 32.1 Å². The minimum atomic E-state index is -0.847. The molecule has 0 spiro atoms. The average Bonchev–Trinajstić information content (AvgIpc) is 3.20. The van der Waals surface area contributed by atoms with Crippen molar-refractivity contribution in [1.29, 1.82) is 0 Å². The molecule has 1 heterocycles. The predicted octanol–water partition coefficient (Wildman–Crippen LogP) is 1.77. The normalized spacial score (nSPS) is 26.9. The molecule has 22 heavy (non-hydrogen) atoms. The summed E-state index contributed by atoms with van der Waals surface area (Å²) in [5.41, 5.74) is 1.15. The van der Waals surface area contributed by atoms with Crippen LogP contribution in [0.3, 0.4) is 0 Å². The number of nitrogens with zero attached hydrogens (tertiary/aromatic N) is 1. The van der Waals surface area contributed by atoms with Gasteiger partial charge in [0.05, 0.1) is 25.0 Å². The van der Waals surface area contributed by atoms with Crippen molar-refractivity contribution in [3.05, 3.63) is 35.9 Å². The summed E-state index contributed by atoms with van der Waals surface area (Å²) in [6.07, 6.45) is 1.44. The lowest BCUT2D eigenvalue weighted by Crippen LogP contribution is -2.31. The summed E-state index contributed by atoms with van der Waals surface area (Å²) in [5, 5.41) is 8.90. The second kappa shape index (κ2) is 6.48. The fourth-order valence-electron chi connectivity index (χ4n) is 3.06. The maximum Gasteiger partial charge on any atom is 0.307 e. The molecule has 1 saturated carbocycles. The van der Waals surface area contributed by atoms with E-state index in [0.717, 1.165) is 18.5 Å².